The molecule has 2 aliphatic rings. The highest BCUT2D eigenvalue weighted by atomic mass is 79.9. The Kier molecular flexibility index (Phi) is 5.68. The molecule has 4 heteroatoms. The topological polar surface area (TPSA) is 35.5 Å². The first-order chi connectivity index (χ1) is 15.4. The molecule has 1 fully saturated rings. The Balaban J connectivity index is 1.56. The molecular weight excluding hydrogens is 464 g/mol. The largest absolute Gasteiger partial charge is 0.487 e. The van der Waals surface area contributed by atoms with E-state index >= 15 is 0 Å². The van der Waals surface area contributed by atoms with Crippen LogP contribution in [-0.4, -0.2) is 18.0 Å². The van der Waals surface area contributed by atoms with Crippen LogP contribution in [-0.2, 0) is 11.2 Å². The molecule has 0 bridgehead atoms. The molecule has 1 saturated heterocycles. The summed E-state index contributed by atoms with van der Waals surface area (Å²) in [5.41, 5.74) is 3.84. The second-order valence-electron chi connectivity index (χ2n) is 9.41. The van der Waals surface area contributed by atoms with E-state index in [9.17, 15) is 4.79 Å². The van der Waals surface area contributed by atoms with Crippen molar-refractivity contribution in [2.75, 3.05) is 0 Å². The van der Waals surface area contributed by atoms with Gasteiger partial charge in [-0.25, -0.2) is 0 Å². The number of carbonyl (C=O) groups is 1. The van der Waals surface area contributed by atoms with Gasteiger partial charge in [-0.1, -0.05) is 58.4 Å². The molecule has 0 unspecified atom stereocenters. The molecule has 0 aliphatic carbocycles. The SMILES string of the molecule is CC1(C)Oc2ccc(C=O)cc2[C@H]2O[C@H](Cc3ccccc3)[C@@H](c3ccc(Br)cc3)C[C@@H]21. The Morgan fingerprint density at radius 3 is 2.50 bits per heavy atom. The van der Waals surface area contributed by atoms with Gasteiger partial charge in [-0.3, -0.25) is 4.79 Å². The van der Waals surface area contributed by atoms with Crippen LogP contribution in [0.2, 0.25) is 0 Å². The number of benzene rings is 3. The van der Waals surface area contributed by atoms with E-state index in [2.05, 4.69) is 78.3 Å². The fraction of sp³-hybridized carbons (Fsp3) is 0.321. The first-order valence-electron chi connectivity index (χ1n) is 11.2. The fourth-order valence-corrected chi connectivity index (χ4v) is 5.54. The lowest BCUT2D eigenvalue weighted by atomic mass is 9.69. The van der Waals surface area contributed by atoms with Crippen molar-refractivity contribution in [3.05, 3.63) is 99.5 Å². The second kappa shape index (κ2) is 8.49. The van der Waals surface area contributed by atoms with Crippen LogP contribution in [0.15, 0.2) is 77.3 Å². The van der Waals surface area contributed by atoms with E-state index in [1.807, 2.05) is 24.3 Å². The predicted octanol–water partition coefficient (Wildman–Crippen LogP) is 6.91. The van der Waals surface area contributed by atoms with Gasteiger partial charge in [0.2, 0.25) is 0 Å². The van der Waals surface area contributed by atoms with Gasteiger partial charge >= 0.3 is 0 Å². The highest BCUT2D eigenvalue weighted by molar-refractivity contribution is 9.10. The summed E-state index contributed by atoms with van der Waals surface area (Å²) in [6, 6.07) is 24.8. The van der Waals surface area contributed by atoms with Crippen molar-refractivity contribution in [2.45, 2.75) is 50.4 Å². The second-order valence-corrected chi connectivity index (χ2v) is 10.3. The van der Waals surface area contributed by atoms with E-state index in [1.165, 1.54) is 11.1 Å². The number of hydrogen-bond donors (Lipinski definition) is 0. The first kappa shape index (κ1) is 21.4. The molecule has 0 N–H and O–H groups in total. The maximum Gasteiger partial charge on any atom is 0.150 e. The maximum absolute atomic E-state index is 11.5. The zero-order valence-electron chi connectivity index (χ0n) is 18.3. The van der Waals surface area contributed by atoms with Crippen molar-refractivity contribution >= 4 is 22.2 Å². The van der Waals surface area contributed by atoms with Gasteiger partial charge in [0.15, 0.2) is 0 Å². The zero-order valence-corrected chi connectivity index (χ0v) is 19.9. The van der Waals surface area contributed by atoms with Crippen molar-refractivity contribution in [3.63, 3.8) is 0 Å². The number of halogens is 1. The van der Waals surface area contributed by atoms with E-state index in [-0.39, 0.29) is 29.6 Å². The first-order valence-corrected chi connectivity index (χ1v) is 12.0. The lowest BCUT2D eigenvalue weighted by Gasteiger charge is -2.51. The molecular formula is C28H27BrO3. The molecule has 0 amide bonds. The average Bonchev–Trinajstić information content (AvgIpc) is 2.80. The third kappa shape index (κ3) is 4.02. The molecule has 0 saturated carbocycles. The van der Waals surface area contributed by atoms with Crippen LogP contribution in [0.3, 0.4) is 0 Å². The van der Waals surface area contributed by atoms with Crippen molar-refractivity contribution in [2.24, 2.45) is 5.92 Å². The lowest BCUT2D eigenvalue weighted by Crippen LogP contribution is -2.50. The maximum atomic E-state index is 11.5. The van der Waals surface area contributed by atoms with E-state index in [0.29, 0.717) is 5.56 Å². The molecule has 4 atom stereocenters. The van der Waals surface area contributed by atoms with Gasteiger partial charge in [0.25, 0.3) is 0 Å². The molecule has 5 rings (SSSR count). The van der Waals surface area contributed by atoms with Gasteiger partial charge < -0.3 is 9.47 Å². The highest BCUT2D eigenvalue weighted by Gasteiger charge is 2.50. The van der Waals surface area contributed by atoms with Crippen LogP contribution in [0, 0.1) is 5.92 Å². The smallest absolute Gasteiger partial charge is 0.150 e. The van der Waals surface area contributed by atoms with Gasteiger partial charge in [0, 0.05) is 27.4 Å². The standard InChI is InChI=1S/C28H27BrO3/c1-28(2)24-16-22(20-9-11-21(29)12-10-20)26(15-18-6-4-3-5-7-18)31-27(24)23-14-19(17-30)8-13-25(23)32-28/h3-14,17,22,24,26-27H,15-16H2,1-2H3/t22-,24+,26-,27-/m1/s1. The van der Waals surface area contributed by atoms with Crippen LogP contribution in [0.5, 0.6) is 5.75 Å². The fourth-order valence-electron chi connectivity index (χ4n) is 5.28. The Hall–Kier alpha value is -2.43. The van der Waals surface area contributed by atoms with Gasteiger partial charge in [-0.05, 0) is 68.1 Å². The number of rotatable bonds is 4. The Morgan fingerprint density at radius 1 is 1.03 bits per heavy atom. The molecule has 3 aromatic rings. The third-order valence-electron chi connectivity index (χ3n) is 6.96. The molecule has 32 heavy (non-hydrogen) atoms. The van der Waals surface area contributed by atoms with Crippen molar-refractivity contribution in [1.82, 2.24) is 0 Å². The summed E-state index contributed by atoms with van der Waals surface area (Å²) in [4.78, 5) is 11.5. The number of fused-ring (bicyclic) bond motifs is 3. The minimum Gasteiger partial charge on any atom is -0.487 e. The van der Waals surface area contributed by atoms with Gasteiger partial charge in [0.1, 0.15) is 17.6 Å². The van der Waals surface area contributed by atoms with Crippen LogP contribution in [0.1, 0.15) is 59.3 Å². The van der Waals surface area contributed by atoms with Crippen LogP contribution < -0.4 is 4.74 Å². The normalized spacial score (nSPS) is 25.8. The number of aldehydes is 1. The van der Waals surface area contributed by atoms with Gasteiger partial charge in [0.05, 0.1) is 12.2 Å². The molecule has 3 nitrogen and oxygen atoms in total. The molecule has 3 aromatic carbocycles. The highest BCUT2D eigenvalue weighted by Crippen LogP contribution is 2.54. The average molecular weight is 491 g/mol. The summed E-state index contributed by atoms with van der Waals surface area (Å²) in [6.45, 7) is 4.31. The van der Waals surface area contributed by atoms with E-state index in [1.54, 1.807) is 0 Å². The molecule has 2 heterocycles. The minimum absolute atomic E-state index is 0.0291. The van der Waals surface area contributed by atoms with Crippen molar-refractivity contribution < 1.29 is 14.3 Å². The van der Waals surface area contributed by atoms with Crippen molar-refractivity contribution in [3.8, 4) is 5.75 Å². The van der Waals surface area contributed by atoms with Crippen LogP contribution in [0.25, 0.3) is 0 Å². The number of carbonyl (C=O) groups excluding carboxylic acids is 1. The summed E-state index contributed by atoms with van der Waals surface area (Å²) in [5.74, 6) is 1.25. The van der Waals surface area contributed by atoms with E-state index in [0.717, 1.165) is 34.9 Å². The van der Waals surface area contributed by atoms with Crippen molar-refractivity contribution in [1.29, 1.82) is 0 Å². The van der Waals surface area contributed by atoms with Crippen LogP contribution in [0.4, 0.5) is 0 Å². The monoisotopic (exact) mass is 490 g/mol. The van der Waals surface area contributed by atoms with E-state index in [4.69, 9.17) is 9.47 Å². The van der Waals surface area contributed by atoms with Gasteiger partial charge in [-0.15, -0.1) is 0 Å². The quantitative estimate of drug-likeness (QED) is 0.372. The van der Waals surface area contributed by atoms with Crippen LogP contribution >= 0.6 is 15.9 Å². The van der Waals surface area contributed by atoms with Gasteiger partial charge in [-0.2, -0.15) is 0 Å². The lowest BCUT2D eigenvalue weighted by molar-refractivity contribution is -0.158. The molecule has 0 spiro atoms. The summed E-state index contributed by atoms with van der Waals surface area (Å²) < 4.78 is 14.5. The summed E-state index contributed by atoms with van der Waals surface area (Å²) in [5, 5.41) is 0. The summed E-state index contributed by atoms with van der Waals surface area (Å²) in [6.07, 6.45) is 2.62. The Labute approximate surface area is 197 Å². The molecule has 164 valence electrons. The Morgan fingerprint density at radius 2 is 1.78 bits per heavy atom. The summed E-state index contributed by atoms with van der Waals surface area (Å²) >= 11 is 3.56. The zero-order chi connectivity index (χ0) is 22.3. The molecule has 2 aliphatic heterocycles. The number of hydrogen-bond acceptors (Lipinski definition) is 3. The third-order valence-corrected chi connectivity index (χ3v) is 7.49. The number of ether oxygens (including phenoxy) is 2. The minimum atomic E-state index is -0.369. The Bertz CT molecular complexity index is 1110. The molecule has 0 aromatic heterocycles. The molecule has 0 radical (unpaired) electrons. The summed E-state index contributed by atoms with van der Waals surface area (Å²) in [7, 11) is 0. The van der Waals surface area contributed by atoms with E-state index < -0.39 is 0 Å². The predicted molar refractivity (Wildman–Crippen MR) is 129 cm³/mol.